The molecule has 1 rings (SSSR count). The van der Waals surface area contributed by atoms with Crippen molar-refractivity contribution in [2.24, 2.45) is 0 Å². The number of carbonyl (C=O) groups excluding carboxylic acids is 2. The Bertz CT molecular complexity index is 550. The van der Waals surface area contributed by atoms with Crippen molar-refractivity contribution in [1.29, 1.82) is 5.26 Å². The third-order valence-corrected chi connectivity index (χ3v) is 2.57. The molecule has 1 aromatic heterocycles. The Balaban J connectivity index is 0.00000441. The normalized spacial score (nSPS) is 11.5. The van der Waals surface area contributed by atoms with Crippen LogP contribution < -0.4 is 5.32 Å². The predicted octanol–water partition coefficient (Wildman–Crippen LogP) is 1.25. The topological polar surface area (TPSA) is 92.1 Å². The van der Waals surface area contributed by atoms with Crippen LogP contribution >= 0.6 is 0 Å². The average molecular weight is 545 g/mol. The number of carbonyl (C=O) groups is 1. The molecule has 0 aromatic carbocycles. The zero-order chi connectivity index (χ0) is 15.9. The van der Waals surface area contributed by atoms with Gasteiger partial charge in [-0.1, -0.05) is 0 Å². The van der Waals surface area contributed by atoms with Gasteiger partial charge in [-0.05, 0) is 45.2 Å². The predicted molar refractivity (Wildman–Crippen MR) is 75.7 cm³/mol. The number of hydrogen-bond acceptors (Lipinski definition) is 5. The molecule has 1 amide bonds. The maximum atomic E-state index is 12.0. The SMILES string of the molecule is CC(C)(C)OC(=O)[C@H](CCc1cncc(C#N)c1)N[C-]=O.[Fm]. The van der Waals surface area contributed by atoms with Gasteiger partial charge in [-0.25, -0.2) is 4.79 Å². The molecule has 0 saturated heterocycles. The number of rotatable bonds is 6. The van der Waals surface area contributed by atoms with Crippen molar-refractivity contribution in [2.75, 3.05) is 0 Å². The van der Waals surface area contributed by atoms with Crippen LogP contribution in [0.5, 0.6) is 0 Å². The number of ether oxygens (including phenoxy) is 1. The maximum Gasteiger partial charge on any atom is 0.326 e. The molecule has 22 heavy (non-hydrogen) atoms. The van der Waals surface area contributed by atoms with E-state index in [-0.39, 0.29) is 0 Å². The molecule has 0 fully saturated rings. The second-order valence-corrected chi connectivity index (χ2v) is 5.56. The van der Waals surface area contributed by atoms with E-state index in [2.05, 4.69) is 10.3 Å². The van der Waals surface area contributed by atoms with Gasteiger partial charge in [-0.15, -0.1) is 0 Å². The zero-order valence-corrected chi connectivity index (χ0v) is 15.0. The van der Waals surface area contributed by atoms with Gasteiger partial charge in [-0.3, -0.25) is 4.98 Å². The van der Waals surface area contributed by atoms with E-state index in [1.165, 1.54) is 12.6 Å². The first-order valence-electron chi connectivity index (χ1n) is 6.55. The number of nitrogens with one attached hydrogen (secondary N) is 1. The summed E-state index contributed by atoms with van der Waals surface area (Å²) >= 11 is 0. The van der Waals surface area contributed by atoms with Crippen molar-refractivity contribution in [2.45, 2.75) is 45.3 Å². The molecule has 0 saturated carbocycles. The van der Waals surface area contributed by atoms with Crippen LogP contribution in [-0.4, -0.2) is 29.0 Å². The summed E-state index contributed by atoms with van der Waals surface area (Å²) in [6, 6.07) is 2.93. The molecule has 0 aliphatic rings. The Morgan fingerprint density at radius 1 is 1.50 bits per heavy atom. The van der Waals surface area contributed by atoms with Crippen LogP contribution in [0, 0.1) is 11.3 Å². The molecule has 0 unspecified atom stereocenters. The summed E-state index contributed by atoms with van der Waals surface area (Å²) in [6.07, 6.45) is 5.45. The van der Waals surface area contributed by atoms with Crippen LogP contribution in [0.4, 0.5) is 0 Å². The first-order valence-corrected chi connectivity index (χ1v) is 6.55. The number of nitrogens with zero attached hydrogens (tertiary/aromatic N) is 2. The second kappa shape index (κ2) is 8.00. The molecule has 0 bridgehead atoms. The molecule has 1 N–H and O–H groups in total. The quantitative estimate of drug-likeness (QED) is 0.330. The molecule has 0 aliphatic carbocycles. The van der Waals surface area contributed by atoms with Crippen LogP contribution in [0.25, 0.3) is 0 Å². The van der Waals surface area contributed by atoms with Crippen LogP contribution in [0.15, 0.2) is 18.5 Å². The fourth-order valence-electron chi connectivity index (χ4n) is 1.69. The number of pyridine rings is 1. The third-order valence-electron chi connectivity index (χ3n) is 2.57. The average Bonchev–Trinajstić information content (AvgIpc) is 2.41. The third kappa shape index (κ3) is 6.15. The van der Waals surface area contributed by atoms with Gasteiger partial charge in [0, 0.05) is 12.4 Å². The molecule has 0 radical (unpaired) electrons. The first kappa shape index (κ1) is 18.6. The van der Waals surface area contributed by atoms with Crippen LogP contribution in [0.1, 0.15) is 38.3 Å². The van der Waals surface area contributed by atoms with Crippen molar-refractivity contribution in [3.8, 4) is 6.07 Å². The van der Waals surface area contributed by atoms with Gasteiger partial charge in [-0.2, -0.15) is 11.7 Å². The zero-order valence-electron chi connectivity index (χ0n) is 12.6. The molecular weight excluding hydrogens is 527 g/mol. The Labute approximate surface area is 124 Å². The minimum Gasteiger partial charge on any atom is -0.520 e. The van der Waals surface area contributed by atoms with Gasteiger partial charge >= 0.3 is 5.97 Å². The monoisotopic (exact) mass is 545 g/mol. The standard InChI is InChI=1S/C15H18N3O3.Fm/c1-15(2,3)21-14(20)13(18-10-19)5-4-11-6-12(7-16)9-17-8-11;/h6,8-9,13H,4-5H2,1-3H3,(H,18,19);/q-1;/t13-;/m0./s1. The molecule has 1 aromatic rings. The molecular formula is C15H18FmN3O3-. The first-order chi connectivity index (χ1) is 9.85. The summed E-state index contributed by atoms with van der Waals surface area (Å²) in [5.41, 5.74) is 0.647. The van der Waals surface area contributed by atoms with Gasteiger partial charge < -0.3 is 14.8 Å². The fourth-order valence-corrected chi connectivity index (χ4v) is 1.69. The van der Waals surface area contributed by atoms with Gasteiger partial charge in [0.05, 0.1) is 11.6 Å². The number of aromatic nitrogens is 1. The molecule has 6 nitrogen and oxygen atoms in total. The van der Waals surface area contributed by atoms with Gasteiger partial charge in [0.1, 0.15) is 11.7 Å². The van der Waals surface area contributed by atoms with Crippen molar-refractivity contribution < 1.29 is 14.3 Å². The summed E-state index contributed by atoms with van der Waals surface area (Å²) in [4.78, 5) is 26.4. The molecule has 1 atom stereocenters. The Morgan fingerprint density at radius 3 is 2.73 bits per heavy atom. The molecule has 1 heterocycles. The van der Waals surface area contributed by atoms with E-state index in [1.807, 2.05) is 6.07 Å². The second-order valence-electron chi connectivity index (χ2n) is 5.56. The van der Waals surface area contributed by atoms with Gasteiger partial charge in [0.2, 0.25) is 0 Å². The molecule has 124 valence electrons. The van der Waals surface area contributed by atoms with Crippen molar-refractivity contribution in [3.05, 3.63) is 29.6 Å². The van der Waals surface area contributed by atoms with Crippen LogP contribution in [0.3, 0.4) is 0 Å². The number of nitriles is 1. The molecule has 0 spiro atoms. The Morgan fingerprint density at radius 2 is 2.18 bits per heavy atom. The number of aryl methyl sites for hydroxylation is 1. The van der Waals surface area contributed by atoms with Crippen LogP contribution in [-0.2, 0) is 20.7 Å². The van der Waals surface area contributed by atoms with E-state index in [9.17, 15) is 9.59 Å². The van der Waals surface area contributed by atoms with Crippen LogP contribution in [0.2, 0.25) is 0 Å². The summed E-state index contributed by atoms with van der Waals surface area (Å²) in [5.74, 6) is -0.504. The van der Waals surface area contributed by atoms with E-state index in [0.29, 0.717) is 18.4 Å². The van der Waals surface area contributed by atoms with E-state index >= 15 is 0 Å². The van der Waals surface area contributed by atoms with Gasteiger partial charge in [0.15, 0.2) is 0 Å². The Kier molecular flexibility index (Phi) is 6.76. The molecule has 0 aliphatic heterocycles. The minimum absolute atomic E-state index is 0. The van der Waals surface area contributed by atoms with E-state index in [4.69, 9.17) is 10.00 Å². The molecule has 7 heteroatoms. The van der Waals surface area contributed by atoms with E-state index in [1.54, 1.807) is 33.0 Å². The number of amides is 1. The fraction of sp³-hybridized carbons (Fsp3) is 0.467. The summed E-state index contributed by atoms with van der Waals surface area (Å²) in [6.45, 7) is 5.27. The minimum atomic E-state index is -0.771. The van der Waals surface area contributed by atoms with Crippen molar-refractivity contribution in [3.63, 3.8) is 0 Å². The summed E-state index contributed by atoms with van der Waals surface area (Å²) in [7, 11) is 0. The van der Waals surface area contributed by atoms with E-state index < -0.39 is 17.6 Å². The maximum absolute atomic E-state index is 12.0. The van der Waals surface area contributed by atoms with Crippen molar-refractivity contribution >= 4 is 12.4 Å². The summed E-state index contributed by atoms with van der Waals surface area (Å²) < 4.78 is 5.24. The summed E-state index contributed by atoms with van der Waals surface area (Å²) in [5, 5.41) is 11.2. The van der Waals surface area contributed by atoms with E-state index in [0.717, 1.165) is 5.56 Å². The van der Waals surface area contributed by atoms with Crippen molar-refractivity contribution in [1.82, 2.24) is 10.3 Å². The number of hydrogen-bond donors (Lipinski definition) is 1. The largest absolute Gasteiger partial charge is 0.520 e. The smallest absolute Gasteiger partial charge is 0.326 e. The number of esters is 1. The Hall–Kier alpha value is -3.42. The van der Waals surface area contributed by atoms with Gasteiger partial charge in [0.25, 0.3) is 0 Å².